The zero-order valence-corrected chi connectivity index (χ0v) is 14.0. The molecule has 1 atom stereocenters. The predicted molar refractivity (Wildman–Crippen MR) is 95.0 cm³/mol. The molecule has 2 rings (SSSR count). The number of phenols is 1. The molecule has 0 aliphatic heterocycles. The van der Waals surface area contributed by atoms with Crippen molar-refractivity contribution in [3.8, 4) is 16.9 Å². The molecule has 0 heterocycles. The summed E-state index contributed by atoms with van der Waals surface area (Å²) in [5.41, 5.74) is 0.875. The number of rotatable bonds is 5. The summed E-state index contributed by atoms with van der Waals surface area (Å²) in [6, 6.07) is 13.0. The van der Waals surface area contributed by atoms with Crippen molar-refractivity contribution >= 4 is 12.7 Å². The lowest BCUT2D eigenvalue weighted by atomic mass is 10.0. The zero-order chi connectivity index (χ0) is 17.7. The summed E-state index contributed by atoms with van der Waals surface area (Å²) in [6.07, 6.45) is 1.95. The van der Waals surface area contributed by atoms with Gasteiger partial charge in [-0.1, -0.05) is 36.4 Å². The summed E-state index contributed by atoms with van der Waals surface area (Å²) in [5, 5.41) is 29.1. The Balaban J connectivity index is 2.46. The summed E-state index contributed by atoms with van der Waals surface area (Å²) < 4.78 is 12.8. The van der Waals surface area contributed by atoms with Gasteiger partial charge < -0.3 is 20.2 Å². The lowest BCUT2D eigenvalue weighted by Gasteiger charge is -2.16. The van der Waals surface area contributed by atoms with Gasteiger partial charge >= 0.3 is 0 Å². The van der Waals surface area contributed by atoms with E-state index in [9.17, 15) is 19.7 Å². The quantitative estimate of drug-likeness (QED) is 0.374. The average Bonchev–Trinajstić information content (AvgIpc) is 2.53. The van der Waals surface area contributed by atoms with Crippen LogP contribution < -0.4 is 5.30 Å². The van der Waals surface area contributed by atoms with Crippen molar-refractivity contribution in [3.63, 3.8) is 0 Å². The fourth-order valence-electron chi connectivity index (χ4n) is 2.28. The Kier molecular flexibility index (Phi) is 5.50. The van der Waals surface area contributed by atoms with Crippen molar-refractivity contribution in [3.05, 3.63) is 72.2 Å². The molecule has 4 N–H and O–H groups in total. The van der Waals surface area contributed by atoms with Crippen molar-refractivity contribution in [2.24, 2.45) is 0 Å². The average molecular weight is 346 g/mol. The van der Waals surface area contributed by atoms with E-state index in [0.29, 0.717) is 11.1 Å². The van der Waals surface area contributed by atoms with Crippen LogP contribution in [-0.4, -0.2) is 26.4 Å². The number of aromatic hydroxyl groups is 1. The van der Waals surface area contributed by atoms with Crippen molar-refractivity contribution < 1.29 is 24.8 Å². The topological polar surface area (TPSA) is 98.0 Å². The van der Waals surface area contributed by atoms with Crippen LogP contribution in [0.1, 0.15) is 6.92 Å². The molecule has 2 aromatic rings. The molecular weight excluding hydrogens is 327 g/mol. The summed E-state index contributed by atoms with van der Waals surface area (Å²) >= 11 is 0. The Morgan fingerprint density at radius 2 is 1.58 bits per heavy atom. The van der Waals surface area contributed by atoms with E-state index >= 15 is 0 Å². The predicted octanol–water partition coefficient (Wildman–Crippen LogP) is 3.86. The van der Waals surface area contributed by atoms with Gasteiger partial charge in [-0.3, -0.25) is 4.57 Å². The van der Waals surface area contributed by atoms with E-state index in [2.05, 4.69) is 0 Å². The van der Waals surface area contributed by atoms with Crippen LogP contribution in [0.5, 0.6) is 5.75 Å². The Bertz CT molecular complexity index is 835. The number of para-hydroxylation sites is 1. The van der Waals surface area contributed by atoms with Gasteiger partial charge in [-0.15, -0.1) is 0 Å². The molecule has 126 valence electrons. The number of aliphatic hydroxyl groups is 2. The van der Waals surface area contributed by atoms with Crippen LogP contribution in [0.3, 0.4) is 0 Å². The smallest absolute Gasteiger partial charge is 0.237 e. The largest absolute Gasteiger partial charge is 0.513 e. The molecule has 6 heteroatoms. The van der Waals surface area contributed by atoms with Crippen molar-refractivity contribution in [2.45, 2.75) is 6.92 Å². The van der Waals surface area contributed by atoms with Gasteiger partial charge in [0.25, 0.3) is 0 Å². The third-order valence-electron chi connectivity index (χ3n) is 3.37. The molecule has 24 heavy (non-hydrogen) atoms. The van der Waals surface area contributed by atoms with E-state index in [4.69, 9.17) is 5.11 Å². The van der Waals surface area contributed by atoms with Crippen LogP contribution in [-0.2, 0) is 4.57 Å². The molecule has 5 nitrogen and oxygen atoms in total. The monoisotopic (exact) mass is 346 g/mol. The molecule has 0 saturated carbocycles. The van der Waals surface area contributed by atoms with E-state index in [1.807, 2.05) is 0 Å². The number of benzene rings is 2. The van der Waals surface area contributed by atoms with Crippen molar-refractivity contribution in [1.29, 1.82) is 0 Å². The Hall–Kier alpha value is -2.49. The van der Waals surface area contributed by atoms with Gasteiger partial charge in [0, 0.05) is 10.9 Å². The highest BCUT2D eigenvalue weighted by Gasteiger charge is 2.27. The fraction of sp³-hybridized carbons (Fsp3) is 0.111. The number of hydrogen-bond donors (Lipinski definition) is 4. The maximum absolute atomic E-state index is 12.8. The SMILES string of the molecule is C/C(O)=C\C=C(\O)CP(=O)(O)c1ccccc1-c1ccccc1O. The van der Waals surface area contributed by atoms with Crippen molar-refractivity contribution in [1.82, 2.24) is 0 Å². The van der Waals surface area contributed by atoms with Crippen LogP contribution in [0.4, 0.5) is 0 Å². The first kappa shape index (κ1) is 17.9. The fourth-order valence-corrected chi connectivity index (χ4v) is 3.89. The highest BCUT2D eigenvalue weighted by molar-refractivity contribution is 7.66. The molecule has 0 spiro atoms. The van der Waals surface area contributed by atoms with Gasteiger partial charge in [0.1, 0.15) is 11.5 Å². The van der Waals surface area contributed by atoms with E-state index in [1.54, 1.807) is 36.4 Å². The minimum Gasteiger partial charge on any atom is -0.513 e. The van der Waals surface area contributed by atoms with Crippen LogP contribution in [0.2, 0.25) is 0 Å². The van der Waals surface area contributed by atoms with Gasteiger partial charge in [-0.25, -0.2) is 0 Å². The van der Waals surface area contributed by atoms with Gasteiger partial charge in [0.15, 0.2) is 0 Å². The second-order valence-corrected chi connectivity index (χ2v) is 7.56. The molecule has 1 unspecified atom stereocenters. The number of phenolic OH excluding ortho intramolecular Hbond substituents is 1. The van der Waals surface area contributed by atoms with Gasteiger partial charge in [-0.05, 0) is 36.8 Å². The molecule has 0 amide bonds. The first-order chi connectivity index (χ1) is 11.3. The summed E-state index contributed by atoms with van der Waals surface area (Å²) in [5.74, 6) is -0.339. The van der Waals surface area contributed by atoms with Crippen LogP contribution in [0.15, 0.2) is 72.2 Å². The molecule has 0 aromatic heterocycles. The standard InChI is InChI=1S/C18H19O5P/c1-13(19)10-11-14(20)12-24(22,23)18-9-5-3-7-16(18)15-6-2-4-8-17(15)21/h2-11,19-21H,12H2,1H3,(H,22,23)/b13-10+,14-11+. The number of allylic oxidation sites excluding steroid dienone is 4. The minimum absolute atomic E-state index is 0.00329. The number of aliphatic hydroxyl groups excluding tert-OH is 2. The lowest BCUT2D eigenvalue weighted by molar-refractivity contribution is 0.401. The van der Waals surface area contributed by atoms with Crippen LogP contribution >= 0.6 is 7.37 Å². The van der Waals surface area contributed by atoms with Gasteiger partial charge in [-0.2, -0.15) is 0 Å². The van der Waals surface area contributed by atoms with E-state index in [1.165, 1.54) is 31.2 Å². The molecule has 0 aliphatic carbocycles. The Morgan fingerprint density at radius 3 is 2.21 bits per heavy atom. The molecule has 0 aliphatic rings. The second kappa shape index (κ2) is 7.39. The normalized spacial score (nSPS) is 15.1. The molecule has 0 saturated heterocycles. The lowest BCUT2D eigenvalue weighted by Crippen LogP contribution is -2.11. The van der Waals surface area contributed by atoms with Crippen molar-refractivity contribution in [2.75, 3.05) is 6.16 Å². The molecule has 0 bridgehead atoms. The summed E-state index contributed by atoms with van der Waals surface area (Å²) in [6.45, 7) is 1.43. The van der Waals surface area contributed by atoms with Crippen LogP contribution in [0, 0.1) is 0 Å². The molecular formula is C18H19O5P. The molecule has 0 radical (unpaired) electrons. The number of hydrogen-bond acceptors (Lipinski definition) is 4. The van der Waals surface area contributed by atoms with E-state index in [-0.39, 0.29) is 22.6 Å². The third-order valence-corrected chi connectivity index (χ3v) is 5.26. The van der Waals surface area contributed by atoms with Crippen LogP contribution in [0.25, 0.3) is 11.1 Å². The first-order valence-corrected chi connectivity index (χ1v) is 9.11. The Morgan fingerprint density at radius 1 is 1.00 bits per heavy atom. The molecule has 2 aromatic carbocycles. The highest BCUT2D eigenvalue weighted by Crippen LogP contribution is 2.44. The zero-order valence-electron chi connectivity index (χ0n) is 13.1. The van der Waals surface area contributed by atoms with Gasteiger partial charge in [0.2, 0.25) is 7.37 Å². The van der Waals surface area contributed by atoms with E-state index < -0.39 is 13.5 Å². The van der Waals surface area contributed by atoms with E-state index in [0.717, 1.165) is 0 Å². The first-order valence-electron chi connectivity index (χ1n) is 7.26. The summed E-state index contributed by atoms with van der Waals surface area (Å²) in [4.78, 5) is 10.4. The highest BCUT2D eigenvalue weighted by atomic mass is 31.2. The maximum atomic E-state index is 12.8. The maximum Gasteiger partial charge on any atom is 0.237 e. The molecule has 0 fully saturated rings. The third kappa shape index (κ3) is 4.28. The Labute approximate surface area is 140 Å². The summed E-state index contributed by atoms with van der Waals surface area (Å²) in [7, 11) is -3.92. The minimum atomic E-state index is -3.92. The second-order valence-electron chi connectivity index (χ2n) is 5.36. The van der Waals surface area contributed by atoms with Gasteiger partial charge in [0.05, 0.1) is 11.9 Å².